The number of thiophene rings is 1. The number of hydrogen-bond acceptors (Lipinski definition) is 5. The Hall–Kier alpha value is -1.64. The number of aryl methyl sites for hydroxylation is 1. The van der Waals surface area contributed by atoms with Crippen LogP contribution in [0.1, 0.15) is 23.4 Å². The van der Waals surface area contributed by atoms with E-state index < -0.39 is 0 Å². The smallest absolute Gasteiger partial charge is 0.194 e. The summed E-state index contributed by atoms with van der Waals surface area (Å²) in [5.41, 5.74) is 0. The standard InChI is InChI=1S/C17H26ClN7S/c1-4-19-17(20-11-16-22-21-13(2)23(16)3)25-9-7-24(8-10-25)12-14-5-6-15(18)26-14/h5-6H,4,7-12H2,1-3H3,(H,19,20). The van der Waals surface area contributed by atoms with Crippen LogP contribution in [-0.2, 0) is 20.1 Å². The lowest BCUT2D eigenvalue weighted by Crippen LogP contribution is -2.52. The molecule has 3 rings (SSSR count). The van der Waals surface area contributed by atoms with Gasteiger partial charge in [-0.1, -0.05) is 11.6 Å². The Labute approximate surface area is 163 Å². The highest BCUT2D eigenvalue weighted by atomic mass is 35.5. The zero-order valence-electron chi connectivity index (χ0n) is 15.6. The fourth-order valence-corrected chi connectivity index (χ4v) is 4.07. The Morgan fingerprint density at radius 1 is 1.27 bits per heavy atom. The minimum atomic E-state index is 0.535. The molecule has 0 saturated carbocycles. The van der Waals surface area contributed by atoms with Crippen LogP contribution >= 0.6 is 22.9 Å². The average molecular weight is 396 g/mol. The fourth-order valence-electron chi connectivity index (χ4n) is 2.94. The van der Waals surface area contributed by atoms with Gasteiger partial charge in [-0.05, 0) is 26.0 Å². The van der Waals surface area contributed by atoms with Crippen molar-refractivity contribution in [1.29, 1.82) is 0 Å². The predicted octanol–water partition coefficient (Wildman–Crippen LogP) is 2.12. The molecule has 0 spiro atoms. The van der Waals surface area contributed by atoms with Crippen molar-refractivity contribution in [2.24, 2.45) is 12.0 Å². The van der Waals surface area contributed by atoms with Crippen molar-refractivity contribution in [3.8, 4) is 0 Å². The van der Waals surface area contributed by atoms with Crippen LogP contribution in [0.4, 0.5) is 0 Å². The summed E-state index contributed by atoms with van der Waals surface area (Å²) >= 11 is 7.70. The van der Waals surface area contributed by atoms with E-state index in [4.69, 9.17) is 16.6 Å². The topological polar surface area (TPSA) is 61.6 Å². The van der Waals surface area contributed by atoms with E-state index >= 15 is 0 Å². The molecule has 2 aromatic rings. The lowest BCUT2D eigenvalue weighted by atomic mass is 10.3. The Morgan fingerprint density at radius 3 is 2.62 bits per heavy atom. The van der Waals surface area contributed by atoms with Crippen molar-refractivity contribution >= 4 is 28.9 Å². The summed E-state index contributed by atoms with van der Waals surface area (Å²) in [6, 6.07) is 4.09. The van der Waals surface area contributed by atoms with Gasteiger partial charge in [0.1, 0.15) is 12.4 Å². The van der Waals surface area contributed by atoms with Crippen LogP contribution < -0.4 is 5.32 Å². The summed E-state index contributed by atoms with van der Waals surface area (Å²) in [4.78, 5) is 10.9. The van der Waals surface area contributed by atoms with E-state index in [1.807, 2.05) is 24.6 Å². The number of aliphatic imine (C=N–C) groups is 1. The van der Waals surface area contributed by atoms with Gasteiger partial charge in [-0.2, -0.15) is 0 Å². The summed E-state index contributed by atoms with van der Waals surface area (Å²) in [6.45, 7) is 10.4. The third kappa shape index (κ3) is 4.75. The van der Waals surface area contributed by atoms with Gasteiger partial charge in [-0.25, -0.2) is 4.99 Å². The summed E-state index contributed by atoms with van der Waals surface area (Å²) in [6.07, 6.45) is 0. The van der Waals surface area contributed by atoms with Gasteiger partial charge in [0, 0.05) is 51.2 Å². The van der Waals surface area contributed by atoms with Gasteiger partial charge in [0.25, 0.3) is 0 Å². The number of piperazine rings is 1. The number of aromatic nitrogens is 3. The van der Waals surface area contributed by atoms with E-state index in [-0.39, 0.29) is 0 Å². The van der Waals surface area contributed by atoms with Crippen molar-refractivity contribution in [3.05, 3.63) is 33.0 Å². The minimum absolute atomic E-state index is 0.535. The highest BCUT2D eigenvalue weighted by Crippen LogP contribution is 2.23. The van der Waals surface area contributed by atoms with E-state index in [0.717, 1.165) is 61.2 Å². The Morgan fingerprint density at radius 2 is 2.04 bits per heavy atom. The maximum absolute atomic E-state index is 6.03. The van der Waals surface area contributed by atoms with Gasteiger partial charge in [0.15, 0.2) is 11.8 Å². The van der Waals surface area contributed by atoms with E-state index in [1.54, 1.807) is 11.3 Å². The molecule has 142 valence electrons. The van der Waals surface area contributed by atoms with E-state index in [0.29, 0.717) is 6.54 Å². The molecule has 3 heterocycles. The zero-order valence-corrected chi connectivity index (χ0v) is 17.1. The molecule has 1 N–H and O–H groups in total. The summed E-state index contributed by atoms with van der Waals surface area (Å²) in [5.74, 6) is 2.74. The minimum Gasteiger partial charge on any atom is -0.357 e. The highest BCUT2D eigenvalue weighted by molar-refractivity contribution is 7.16. The molecule has 7 nitrogen and oxygen atoms in total. The van der Waals surface area contributed by atoms with Crippen molar-refractivity contribution in [3.63, 3.8) is 0 Å². The van der Waals surface area contributed by atoms with Crippen LogP contribution in [0.15, 0.2) is 17.1 Å². The Balaban J connectivity index is 1.57. The molecule has 9 heteroatoms. The normalized spacial score (nSPS) is 16.3. The van der Waals surface area contributed by atoms with Gasteiger partial charge in [0.05, 0.1) is 4.34 Å². The first-order valence-corrected chi connectivity index (χ1v) is 10.1. The number of halogens is 1. The lowest BCUT2D eigenvalue weighted by molar-refractivity contribution is 0.173. The Bertz CT molecular complexity index is 746. The second-order valence-electron chi connectivity index (χ2n) is 6.36. The summed E-state index contributed by atoms with van der Waals surface area (Å²) < 4.78 is 2.84. The predicted molar refractivity (Wildman–Crippen MR) is 107 cm³/mol. The molecule has 0 unspecified atom stereocenters. The van der Waals surface area contributed by atoms with Gasteiger partial charge in [-0.15, -0.1) is 21.5 Å². The molecule has 0 aromatic carbocycles. The Kier molecular flexibility index (Phi) is 6.50. The quantitative estimate of drug-likeness (QED) is 0.620. The van der Waals surface area contributed by atoms with Crippen LogP contribution in [0, 0.1) is 6.92 Å². The summed E-state index contributed by atoms with van der Waals surface area (Å²) in [5, 5.41) is 11.7. The zero-order chi connectivity index (χ0) is 18.5. The maximum Gasteiger partial charge on any atom is 0.194 e. The third-order valence-electron chi connectivity index (χ3n) is 4.57. The second kappa shape index (κ2) is 8.83. The van der Waals surface area contributed by atoms with Crippen LogP contribution in [0.5, 0.6) is 0 Å². The van der Waals surface area contributed by atoms with Gasteiger partial charge < -0.3 is 14.8 Å². The first kappa shape index (κ1) is 19.1. The fraction of sp³-hybridized carbons (Fsp3) is 0.588. The number of nitrogens with one attached hydrogen (secondary N) is 1. The first-order valence-electron chi connectivity index (χ1n) is 8.91. The van der Waals surface area contributed by atoms with Crippen LogP contribution in [0.3, 0.4) is 0 Å². The first-order chi connectivity index (χ1) is 12.6. The molecular weight excluding hydrogens is 370 g/mol. The van der Waals surface area contributed by atoms with Crippen molar-refractivity contribution in [1.82, 2.24) is 29.9 Å². The number of guanidine groups is 1. The molecular formula is C17H26ClN7S. The monoisotopic (exact) mass is 395 g/mol. The molecule has 0 amide bonds. The maximum atomic E-state index is 6.03. The van der Waals surface area contributed by atoms with Crippen LogP contribution in [0.25, 0.3) is 0 Å². The third-order valence-corrected chi connectivity index (χ3v) is 5.78. The van der Waals surface area contributed by atoms with E-state index in [9.17, 15) is 0 Å². The van der Waals surface area contributed by atoms with Crippen molar-refractivity contribution in [2.45, 2.75) is 26.9 Å². The molecule has 1 fully saturated rings. The molecule has 0 aliphatic carbocycles. The SMILES string of the molecule is CCNC(=NCc1nnc(C)n1C)N1CCN(Cc2ccc(Cl)s2)CC1. The highest BCUT2D eigenvalue weighted by Gasteiger charge is 2.20. The van der Waals surface area contributed by atoms with Crippen LogP contribution in [-0.4, -0.2) is 63.2 Å². The molecule has 0 bridgehead atoms. The van der Waals surface area contributed by atoms with Crippen molar-refractivity contribution in [2.75, 3.05) is 32.7 Å². The number of nitrogens with zero attached hydrogens (tertiary/aromatic N) is 6. The van der Waals surface area contributed by atoms with Crippen molar-refractivity contribution < 1.29 is 0 Å². The average Bonchev–Trinajstić information content (AvgIpc) is 3.19. The molecule has 1 aliphatic heterocycles. The summed E-state index contributed by atoms with van der Waals surface area (Å²) in [7, 11) is 1.97. The van der Waals surface area contributed by atoms with E-state index in [1.165, 1.54) is 4.88 Å². The molecule has 0 radical (unpaired) electrons. The van der Waals surface area contributed by atoms with E-state index in [2.05, 4.69) is 38.3 Å². The van der Waals surface area contributed by atoms with Crippen LogP contribution in [0.2, 0.25) is 4.34 Å². The molecule has 2 aromatic heterocycles. The number of hydrogen-bond donors (Lipinski definition) is 1. The van der Waals surface area contributed by atoms with Gasteiger partial charge in [0.2, 0.25) is 0 Å². The lowest BCUT2D eigenvalue weighted by Gasteiger charge is -2.36. The molecule has 1 aliphatic rings. The molecule has 0 atom stereocenters. The largest absolute Gasteiger partial charge is 0.357 e. The number of rotatable bonds is 5. The molecule has 1 saturated heterocycles. The van der Waals surface area contributed by atoms with Gasteiger partial charge in [-0.3, -0.25) is 4.90 Å². The molecule has 26 heavy (non-hydrogen) atoms. The second-order valence-corrected chi connectivity index (χ2v) is 8.16. The van der Waals surface area contributed by atoms with Gasteiger partial charge >= 0.3 is 0 Å².